The van der Waals surface area contributed by atoms with E-state index in [9.17, 15) is 29.4 Å². The zero-order valence-electron chi connectivity index (χ0n) is 27.4. The number of carboxylic acid groups (broad SMARTS) is 1. The lowest BCUT2D eigenvalue weighted by molar-refractivity contribution is -0.184. The molecular weight excluding hydrogens is 588 g/mol. The average Bonchev–Trinajstić information content (AvgIpc) is 3.29. The maximum Gasteiger partial charge on any atom is 0.310 e. The Kier molecular flexibility index (Phi) is 9.23. The summed E-state index contributed by atoms with van der Waals surface area (Å²) in [7, 11) is 1.63. The number of aliphatic hydroxyl groups excluding tert-OH is 1. The first-order chi connectivity index (χ1) is 21.6. The number of carboxylic acids is 1. The summed E-state index contributed by atoms with van der Waals surface area (Å²) in [5.41, 5.74) is -0.544. The van der Waals surface area contributed by atoms with E-state index < -0.39 is 47.4 Å². The van der Waals surface area contributed by atoms with Gasteiger partial charge in [-0.3, -0.25) is 19.2 Å². The molecular formula is C37H46O9. The van der Waals surface area contributed by atoms with Gasteiger partial charge in [0.1, 0.15) is 11.4 Å². The number of hydrogen-bond acceptors (Lipinski definition) is 8. The molecule has 3 fully saturated rings. The van der Waals surface area contributed by atoms with Crippen LogP contribution in [0.25, 0.3) is 10.8 Å². The van der Waals surface area contributed by atoms with Gasteiger partial charge in [-0.2, -0.15) is 0 Å². The second-order valence-electron chi connectivity index (χ2n) is 14.2. The van der Waals surface area contributed by atoms with Crippen molar-refractivity contribution in [2.75, 3.05) is 13.7 Å². The monoisotopic (exact) mass is 634 g/mol. The van der Waals surface area contributed by atoms with Gasteiger partial charge in [-0.05, 0) is 103 Å². The molecule has 248 valence electrons. The highest BCUT2D eigenvalue weighted by atomic mass is 16.5. The Balaban J connectivity index is 0.000000209. The van der Waals surface area contributed by atoms with Gasteiger partial charge in [0.2, 0.25) is 5.78 Å². The number of rotatable bonds is 6. The number of aliphatic carboxylic acids is 1. The second kappa shape index (κ2) is 12.6. The van der Waals surface area contributed by atoms with Crippen molar-refractivity contribution in [3.05, 3.63) is 53.6 Å². The van der Waals surface area contributed by atoms with Crippen LogP contribution < -0.4 is 4.74 Å². The fraction of sp³-hybridized carbons (Fsp3) is 0.568. The van der Waals surface area contributed by atoms with Gasteiger partial charge in [-0.15, -0.1) is 0 Å². The van der Waals surface area contributed by atoms with Crippen molar-refractivity contribution >= 4 is 34.3 Å². The van der Waals surface area contributed by atoms with Crippen molar-refractivity contribution in [1.82, 2.24) is 0 Å². The summed E-state index contributed by atoms with van der Waals surface area (Å²) in [6.07, 6.45) is 5.54. The fourth-order valence-electron chi connectivity index (χ4n) is 9.22. The lowest BCUT2D eigenvalue weighted by atomic mass is 9.45. The van der Waals surface area contributed by atoms with Crippen LogP contribution in [0, 0.1) is 28.6 Å². The number of carbonyl (C=O) groups excluding carboxylic acids is 3. The van der Waals surface area contributed by atoms with Crippen molar-refractivity contribution < 1.29 is 44.0 Å². The summed E-state index contributed by atoms with van der Waals surface area (Å²) in [5, 5.41) is 33.8. The third kappa shape index (κ3) is 5.77. The van der Waals surface area contributed by atoms with Gasteiger partial charge in [-0.25, -0.2) is 0 Å². The Morgan fingerprint density at radius 1 is 1.02 bits per heavy atom. The molecule has 8 atom stereocenters. The van der Waals surface area contributed by atoms with Crippen LogP contribution >= 0.6 is 0 Å². The molecule has 3 N–H and O–H groups in total. The Labute approximate surface area is 270 Å². The highest BCUT2D eigenvalue weighted by Gasteiger charge is 2.68. The number of fused-ring (bicyclic) bond motifs is 6. The molecule has 46 heavy (non-hydrogen) atoms. The minimum Gasteiger partial charge on any atom is -0.497 e. The number of aliphatic hydroxyl groups is 2. The maximum absolute atomic E-state index is 12.9. The fourth-order valence-corrected chi connectivity index (χ4v) is 9.22. The number of hydrogen-bond donors (Lipinski definition) is 3. The number of Topliss-reactive ketones (excluding diaryl/α,β-unsaturated/α-hetero) is 1. The molecule has 9 heteroatoms. The van der Waals surface area contributed by atoms with Crippen LogP contribution in [0.5, 0.6) is 5.75 Å². The third-order valence-electron chi connectivity index (χ3n) is 11.9. The van der Waals surface area contributed by atoms with E-state index in [1.165, 1.54) is 6.92 Å². The number of benzene rings is 2. The van der Waals surface area contributed by atoms with Crippen LogP contribution in [0.3, 0.4) is 0 Å². The predicted octanol–water partition coefficient (Wildman–Crippen LogP) is 5.39. The number of ketones is 2. The Bertz CT molecular complexity index is 1580. The standard InChI is InChI=1S/C23H32O6.C14H14O3/c1-13(24)29-12-19(27)23(28)9-7-17-16-5-4-14-10-15(25)6-8-21(14,2)20(16)18(26)11-22(17,23)3;1-9(14(15)16)10-3-4-12-8-13(17-2)6-5-11(12)7-10/h10,16-18,20,26,28H,4-9,11-12H2,1-3H3;3-9H,1-2H3,(H,15,16)/t16-,17-,18-,20+,21-,22-,23-;9-/m00/s1. The van der Waals surface area contributed by atoms with E-state index in [4.69, 9.17) is 14.6 Å². The van der Waals surface area contributed by atoms with Crippen LogP contribution in [0.1, 0.15) is 84.1 Å². The van der Waals surface area contributed by atoms with Crippen molar-refractivity contribution in [2.24, 2.45) is 28.6 Å². The van der Waals surface area contributed by atoms with Gasteiger partial charge in [0.15, 0.2) is 12.4 Å². The SMILES string of the molecule is CC(=O)OCC(=O)[C@@]1(O)CC[C@H]2[C@@H]3CCC4=CC(=O)CC[C@]4(C)[C@H]3[C@@H](O)C[C@@]21C.COc1ccc2cc([C@H](C)C(=O)O)ccc2c1. The second-order valence-corrected chi connectivity index (χ2v) is 14.2. The first kappa shape index (κ1) is 33.8. The van der Waals surface area contributed by atoms with Crippen LogP contribution in [0.15, 0.2) is 48.0 Å². The third-order valence-corrected chi connectivity index (χ3v) is 11.9. The largest absolute Gasteiger partial charge is 0.497 e. The van der Waals surface area contributed by atoms with Gasteiger partial charge >= 0.3 is 11.9 Å². The number of methoxy groups -OCH3 is 1. The zero-order chi connectivity index (χ0) is 33.6. The van der Waals surface area contributed by atoms with Gasteiger partial charge < -0.3 is 24.8 Å². The normalized spacial score (nSPS) is 33.7. The summed E-state index contributed by atoms with van der Waals surface area (Å²) < 4.78 is 10.0. The molecule has 4 aliphatic rings. The molecule has 3 saturated carbocycles. The number of esters is 1. The molecule has 0 aliphatic heterocycles. The smallest absolute Gasteiger partial charge is 0.310 e. The summed E-state index contributed by atoms with van der Waals surface area (Å²) >= 11 is 0. The quantitative estimate of drug-likeness (QED) is 0.356. The van der Waals surface area contributed by atoms with E-state index in [2.05, 4.69) is 6.92 Å². The Hall–Kier alpha value is -3.56. The summed E-state index contributed by atoms with van der Waals surface area (Å²) in [6.45, 7) is 6.61. The number of allylic oxidation sites excluding steroid dienone is 1. The molecule has 0 spiro atoms. The van der Waals surface area contributed by atoms with Gasteiger partial charge in [0, 0.05) is 18.8 Å². The molecule has 0 unspecified atom stereocenters. The molecule has 0 amide bonds. The molecule has 0 heterocycles. The lowest BCUT2D eigenvalue weighted by Crippen LogP contribution is -2.62. The molecule has 2 aromatic carbocycles. The molecule has 6 rings (SSSR count). The summed E-state index contributed by atoms with van der Waals surface area (Å²) in [4.78, 5) is 46.9. The summed E-state index contributed by atoms with van der Waals surface area (Å²) in [6, 6.07) is 11.4. The van der Waals surface area contributed by atoms with E-state index >= 15 is 0 Å². The maximum atomic E-state index is 12.9. The highest BCUT2D eigenvalue weighted by molar-refractivity contribution is 5.92. The molecule has 0 aromatic heterocycles. The van der Waals surface area contributed by atoms with Gasteiger partial charge in [0.05, 0.1) is 19.1 Å². The van der Waals surface area contributed by atoms with Gasteiger partial charge in [-0.1, -0.05) is 43.7 Å². The molecule has 0 radical (unpaired) electrons. The van der Waals surface area contributed by atoms with Crippen molar-refractivity contribution in [2.45, 2.75) is 90.3 Å². The van der Waals surface area contributed by atoms with Gasteiger partial charge in [0.25, 0.3) is 0 Å². The van der Waals surface area contributed by atoms with Crippen molar-refractivity contribution in [1.29, 1.82) is 0 Å². The Morgan fingerprint density at radius 3 is 2.39 bits per heavy atom. The molecule has 9 nitrogen and oxygen atoms in total. The van der Waals surface area contributed by atoms with Crippen LogP contribution in [-0.4, -0.2) is 64.2 Å². The van der Waals surface area contributed by atoms with Crippen molar-refractivity contribution in [3.8, 4) is 5.75 Å². The van der Waals surface area contributed by atoms with Crippen LogP contribution in [0.4, 0.5) is 0 Å². The Morgan fingerprint density at radius 2 is 1.72 bits per heavy atom. The van der Waals surface area contributed by atoms with E-state index in [0.29, 0.717) is 19.3 Å². The number of ether oxygens (including phenoxy) is 2. The predicted molar refractivity (Wildman–Crippen MR) is 171 cm³/mol. The minimum absolute atomic E-state index is 0.0413. The van der Waals surface area contributed by atoms with Crippen LogP contribution in [0.2, 0.25) is 0 Å². The highest BCUT2D eigenvalue weighted by Crippen LogP contribution is 2.67. The van der Waals surface area contributed by atoms with Crippen LogP contribution in [-0.2, 0) is 23.9 Å². The lowest BCUT2D eigenvalue weighted by Gasteiger charge is -2.60. The first-order valence-corrected chi connectivity index (χ1v) is 16.3. The minimum atomic E-state index is -1.58. The molecule has 0 saturated heterocycles. The molecule has 2 aromatic rings. The topological polar surface area (TPSA) is 147 Å². The van der Waals surface area contributed by atoms with E-state index in [1.807, 2.05) is 43.3 Å². The first-order valence-electron chi connectivity index (χ1n) is 16.3. The van der Waals surface area contributed by atoms with E-state index in [1.54, 1.807) is 20.1 Å². The zero-order valence-corrected chi connectivity index (χ0v) is 27.4. The summed E-state index contributed by atoms with van der Waals surface area (Å²) in [5.74, 6) is -0.952. The van der Waals surface area contributed by atoms with Crippen molar-refractivity contribution in [3.63, 3.8) is 0 Å². The van der Waals surface area contributed by atoms with E-state index in [0.717, 1.165) is 53.3 Å². The number of carbonyl (C=O) groups is 4. The molecule has 0 bridgehead atoms. The van der Waals surface area contributed by atoms with E-state index in [-0.39, 0.29) is 29.0 Å². The average molecular weight is 635 g/mol. The molecule has 4 aliphatic carbocycles.